The van der Waals surface area contributed by atoms with Crippen LogP contribution in [0.4, 0.5) is 0 Å². The van der Waals surface area contributed by atoms with Gasteiger partial charge in [-0.2, -0.15) is 0 Å². The molecule has 0 unspecified atom stereocenters. The summed E-state index contributed by atoms with van der Waals surface area (Å²) in [4.78, 5) is 17.5. The van der Waals surface area contributed by atoms with Gasteiger partial charge in [-0.05, 0) is 5.56 Å². The summed E-state index contributed by atoms with van der Waals surface area (Å²) in [7, 11) is 67.9. The van der Waals surface area contributed by atoms with Crippen LogP contribution in [0.15, 0.2) is 31.9 Å². The van der Waals surface area contributed by atoms with Crippen LogP contribution in [0, 0.1) is 0 Å². The van der Waals surface area contributed by atoms with Crippen LogP contribution in [0.2, 0.25) is 0 Å². The van der Waals surface area contributed by atoms with Crippen molar-refractivity contribution in [1.82, 2.24) is 19.5 Å². The molecule has 0 atom stereocenters. The zero-order valence-electron chi connectivity index (χ0n) is 53.1. The molecule has 0 N–H and O–H groups in total. The molecule has 3 aromatic heterocycles. The second-order valence-corrected chi connectivity index (χ2v) is 24.1. The fraction of sp³-hybridized carbons (Fsp3) is 0.0444. The molecule has 0 saturated carbocycles. The summed E-state index contributed by atoms with van der Waals surface area (Å²) in [6.45, 7) is 4.35. The van der Waals surface area contributed by atoms with Crippen LogP contribution in [0.5, 0.6) is 0 Å². The Morgan fingerprint density at radius 3 is 1.23 bits per heavy atom. The van der Waals surface area contributed by atoms with Crippen molar-refractivity contribution in [3.63, 3.8) is 0 Å². The van der Waals surface area contributed by atoms with E-state index in [-0.39, 0.29) is 0 Å². The van der Waals surface area contributed by atoms with E-state index >= 15 is 0 Å². The Labute approximate surface area is 490 Å². The molecule has 8 aromatic rings. The summed E-state index contributed by atoms with van der Waals surface area (Å²) in [5.74, 6) is 2.66. The molecular weight excluding hydrogens is 915 g/mol. The number of aromatic nitrogens is 4. The zero-order valence-corrected chi connectivity index (χ0v) is 53.1. The Morgan fingerprint density at radius 2 is 0.756 bits per heavy atom. The molecule has 0 aliphatic rings. The molecule has 0 bridgehead atoms. The van der Waals surface area contributed by atoms with Crippen molar-refractivity contribution in [3.8, 4) is 39.9 Å². The molecule has 3 heterocycles. The van der Waals surface area contributed by atoms with Crippen molar-refractivity contribution in [3.05, 3.63) is 38.8 Å². The fourth-order valence-electron chi connectivity index (χ4n) is 13.0. The monoisotopic (exact) mass is 981 g/mol. The molecule has 78 heavy (non-hydrogen) atoms. The van der Waals surface area contributed by atoms with Gasteiger partial charge < -0.3 is 0 Å². The molecule has 33 heteroatoms. The van der Waals surface area contributed by atoms with Crippen LogP contribution in [0.25, 0.3) is 78.1 Å². The molecular formula is C45H60B28N4O. The molecule has 5 nitrogen and oxygen atoms in total. The van der Waals surface area contributed by atoms with E-state index in [9.17, 15) is 0 Å². The number of benzene rings is 5. The minimum atomic E-state index is 0.593. The van der Waals surface area contributed by atoms with Gasteiger partial charge >= 0.3 is 414 Å². The molecule has 0 aliphatic heterocycles. The topological polar surface area (TPSA) is 56.7 Å². The van der Waals surface area contributed by atoms with Crippen molar-refractivity contribution in [2.24, 2.45) is 0 Å². The first-order valence-corrected chi connectivity index (χ1v) is 28.1. The summed E-state index contributed by atoms with van der Waals surface area (Å²) in [6, 6.07) is 0. The van der Waals surface area contributed by atoms with E-state index in [0.717, 1.165) is 93.7 Å². The van der Waals surface area contributed by atoms with Gasteiger partial charge in [0.15, 0.2) is 0 Å². The molecule has 5 aromatic carbocycles. The first-order chi connectivity index (χ1) is 36.3. The van der Waals surface area contributed by atoms with Crippen LogP contribution < -0.4 is 109 Å². The summed E-state index contributed by atoms with van der Waals surface area (Å²) < 4.78 is 9.76. The van der Waals surface area contributed by atoms with E-state index in [1.54, 1.807) is 0 Å². The third-order valence-electron chi connectivity index (χ3n) is 19.9. The number of hydrogen-bond acceptors (Lipinski definition) is 4. The van der Waals surface area contributed by atoms with Crippen molar-refractivity contribution in [2.75, 3.05) is 0 Å². The van der Waals surface area contributed by atoms with Gasteiger partial charge in [0.1, 0.15) is 47.1 Å². The predicted octanol–water partition coefficient (Wildman–Crippen LogP) is -31.7. The SMILES string of the molecule is B=C(B)/C(B)=C(B)\C(C(=B)c1c(/C(B)=C(/B)C)oc2c(B)c(B)c(B)c(-c3nc(-c4c(B)c(B)c(B)c(B)c4B)nc(-n4c5c(B)c(B)c(B)c(B)c5c5c(B)c(-c6c(B)c(B)c(B)c(B)c6B)c(B)c(B)c54)n3)c12)=C(\B)C. The first-order valence-electron chi connectivity index (χ1n) is 28.1. The normalized spacial score (nSPS) is 12.7. The van der Waals surface area contributed by atoms with Crippen LogP contribution in [-0.2, 0) is 0 Å². The summed E-state index contributed by atoms with van der Waals surface area (Å²) >= 11 is 0. The molecule has 0 amide bonds. The van der Waals surface area contributed by atoms with Crippen LogP contribution in [-0.4, -0.2) is 249 Å². The van der Waals surface area contributed by atoms with Gasteiger partial charge in [0.25, 0.3) is 0 Å². The van der Waals surface area contributed by atoms with Gasteiger partial charge in [0, 0.05) is 0 Å². The molecule has 0 radical (unpaired) electrons. The van der Waals surface area contributed by atoms with E-state index in [1.165, 1.54) is 126 Å². The van der Waals surface area contributed by atoms with Gasteiger partial charge in [-0.25, -0.2) is 0 Å². The van der Waals surface area contributed by atoms with E-state index < -0.39 is 0 Å². The number of rotatable bonds is 9. The van der Waals surface area contributed by atoms with Gasteiger partial charge in [-0.15, -0.1) is 16.4 Å². The maximum atomic E-state index is 7.33. The van der Waals surface area contributed by atoms with Crippen LogP contribution >= 0.6 is 0 Å². The quantitative estimate of drug-likeness (QED) is 0.107. The van der Waals surface area contributed by atoms with E-state index in [1.807, 2.05) is 0 Å². The van der Waals surface area contributed by atoms with Crippen LogP contribution in [0.3, 0.4) is 0 Å². The van der Waals surface area contributed by atoms with E-state index in [4.69, 9.17) is 26.9 Å². The molecule has 0 aliphatic carbocycles. The Hall–Kier alpha value is -4.77. The Morgan fingerprint density at radius 1 is 0.385 bits per heavy atom. The van der Waals surface area contributed by atoms with E-state index in [2.05, 4.69) is 230 Å². The predicted molar refractivity (Wildman–Crippen MR) is 431 cm³/mol. The second kappa shape index (κ2) is 21.3. The standard InChI is InChI=1S/C45H60B28N4O/c1-3(46)5(17(51)37(71)42(72)73)15(49)11-6-12(22(56)30(64)36(70)40(6)78-41(11)14(48)4(2)47)43-74-44(13-23(57)28(62)32(66)29(63)24(13)58)76-45(75-43)77-38-9(10-21(55)27(61)33(67)35(69)39(10)77)16(50)7(20(54)34(38)68)8-18(52)25(59)31(65)26(60)19(8)53/h49,72H,46-48,50-71,73H2,1-2H3/b5-3+,14-4-,37-17-. The van der Waals surface area contributed by atoms with Crippen molar-refractivity contribution >= 4 is 377 Å². The average Bonchev–Trinajstić information content (AvgIpc) is 4.20. The number of nitrogens with zero attached hydrogens (tertiary/aromatic N) is 4. The maximum absolute atomic E-state index is 7.33. The molecule has 0 spiro atoms. The molecule has 8 rings (SSSR count). The summed E-state index contributed by atoms with van der Waals surface area (Å²) in [6.07, 6.45) is 0. The average molecular weight is 976 g/mol. The fourth-order valence-corrected chi connectivity index (χ4v) is 13.0. The zero-order chi connectivity index (χ0) is 58.2. The second-order valence-electron chi connectivity index (χ2n) is 24.1. The number of furan rings is 1. The summed E-state index contributed by atoms with van der Waals surface area (Å²) in [5.41, 5.74) is 41.5. The third-order valence-corrected chi connectivity index (χ3v) is 19.9. The van der Waals surface area contributed by atoms with Crippen LogP contribution in [0.1, 0.15) is 25.2 Å². The Balaban J connectivity index is 1.68. The van der Waals surface area contributed by atoms with Gasteiger partial charge in [-0.1, -0.05) is 10.9 Å². The van der Waals surface area contributed by atoms with Gasteiger partial charge in [-0.3, -0.25) is 0 Å². The Bertz CT molecular complexity index is 4160. The van der Waals surface area contributed by atoms with Gasteiger partial charge in [0.2, 0.25) is 0 Å². The first kappa shape index (κ1) is 59.4. The molecule has 350 valence electrons. The van der Waals surface area contributed by atoms with E-state index in [0.29, 0.717) is 17.6 Å². The van der Waals surface area contributed by atoms with Gasteiger partial charge in [0.05, 0.1) is 0 Å². The van der Waals surface area contributed by atoms with Crippen molar-refractivity contribution in [1.29, 1.82) is 0 Å². The minimum absolute atomic E-state index is 0.593. The number of allylic oxidation sites excluding steroid dienone is 5. The van der Waals surface area contributed by atoms with Crippen molar-refractivity contribution < 1.29 is 4.42 Å². The van der Waals surface area contributed by atoms with Crippen molar-refractivity contribution in [2.45, 2.75) is 13.8 Å². The Kier molecular flexibility index (Phi) is 16.2. The molecule has 0 saturated heterocycles. The number of hydrogen-bond donors (Lipinski definition) is 0. The third kappa shape index (κ3) is 8.85. The summed E-state index contributed by atoms with van der Waals surface area (Å²) in [5, 5.41) is 4.50. The molecule has 0 fully saturated rings. The number of fused-ring (bicyclic) bond motifs is 4.